The Kier molecular flexibility index (Phi) is 1.22. The van der Waals surface area contributed by atoms with Crippen LogP contribution in [0.2, 0.25) is 0 Å². The Morgan fingerprint density at radius 3 is 2.92 bits per heavy atom. The van der Waals surface area contributed by atoms with E-state index in [4.69, 9.17) is 2.74 Å². The number of fused-ring (bicyclic) bond motifs is 1. The number of nitrogens with zero attached hydrogens (tertiary/aromatic N) is 1. The summed E-state index contributed by atoms with van der Waals surface area (Å²) in [6.07, 6.45) is 0. The minimum absolute atomic E-state index is 0.0679. The molecule has 1 aromatic rings. The smallest absolute Gasteiger partial charge is 0.299 e. The molecule has 3 nitrogen and oxygen atoms in total. The summed E-state index contributed by atoms with van der Waals surface area (Å²) in [5, 5.41) is 0. The van der Waals surface area contributed by atoms with Gasteiger partial charge in [0.25, 0.3) is 11.7 Å². The summed E-state index contributed by atoms with van der Waals surface area (Å²) in [7, 11) is 0. The Balaban J connectivity index is 2.42. The fraction of sp³-hybridized carbons (Fsp3) is 0.200. The van der Waals surface area contributed by atoms with E-state index in [1.54, 1.807) is 24.3 Å². The minimum Gasteiger partial charge on any atom is -0.305 e. The second kappa shape index (κ2) is 2.69. The third kappa shape index (κ3) is 0.967. The maximum absolute atomic E-state index is 11.5. The van der Waals surface area contributed by atoms with Gasteiger partial charge >= 0.3 is 0 Å². The second-order valence-electron chi connectivity index (χ2n) is 2.76. The molecule has 0 radical (unpaired) electrons. The number of amides is 1. The van der Waals surface area contributed by atoms with E-state index in [-0.39, 0.29) is 6.54 Å². The molecule has 3 heteroatoms. The highest BCUT2D eigenvalue weighted by atomic mass is 16.2. The fourth-order valence-corrected chi connectivity index (χ4v) is 1.43. The van der Waals surface area contributed by atoms with Gasteiger partial charge < -0.3 is 4.90 Å². The number of hydrogen-bond donors (Lipinski definition) is 0. The van der Waals surface area contributed by atoms with Crippen LogP contribution in [-0.4, -0.2) is 18.2 Å². The summed E-state index contributed by atoms with van der Waals surface area (Å²) in [6, 6.07) is 6.64. The Morgan fingerprint density at radius 2 is 2.15 bits per heavy atom. The summed E-state index contributed by atoms with van der Waals surface area (Å²) in [5.74, 6) is -1.19. The molecule has 0 bridgehead atoms. The quantitative estimate of drug-likeness (QED) is 0.605. The SMILES string of the molecule is [2H]C([2H])CN1C(=O)C(=O)c2ccccc21. The fourth-order valence-electron chi connectivity index (χ4n) is 1.43. The molecule has 0 atom stereocenters. The maximum Gasteiger partial charge on any atom is 0.299 e. The number of carbonyl (C=O) groups is 2. The summed E-state index contributed by atoms with van der Waals surface area (Å²) >= 11 is 0. The van der Waals surface area contributed by atoms with Crippen LogP contribution in [0.15, 0.2) is 24.3 Å². The Bertz CT molecular complexity index is 431. The van der Waals surface area contributed by atoms with Gasteiger partial charge in [0.15, 0.2) is 0 Å². The largest absolute Gasteiger partial charge is 0.305 e. The molecule has 0 N–H and O–H groups in total. The number of carbonyl (C=O) groups excluding carboxylic acids is 2. The summed E-state index contributed by atoms with van der Waals surface area (Å²) in [4.78, 5) is 24.2. The zero-order valence-corrected chi connectivity index (χ0v) is 6.86. The first kappa shape index (κ1) is 5.91. The van der Waals surface area contributed by atoms with E-state index in [1.165, 1.54) is 4.90 Å². The van der Waals surface area contributed by atoms with Crippen LogP contribution in [0.25, 0.3) is 0 Å². The van der Waals surface area contributed by atoms with Crippen molar-refractivity contribution in [3.05, 3.63) is 29.8 Å². The molecule has 1 aromatic carbocycles. The molecule has 0 saturated heterocycles. The first-order chi connectivity index (χ1) is 7.11. The molecule has 0 aromatic heterocycles. The van der Waals surface area contributed by atoms with E-state index in [0.717, 1.165) is 0 Å². The van der Waals surface area contributed by atoms with Crippen molar-refractivity contribution in [1.29, 1.82) is 0 Å². The topological polar surface area (TPSA) is 37.4 Å². The molecule has 0 spiro atoms. The van der Waals surface area contributed by atoms with Gasteiger partial charge in [-0.05, 0) is 19.0 Å². The van der Waals surface area contributed by atoms with Crippen molar-refractivity contribution in [2.24, 2.45) is 0 Å². The molecule has 1 amide bonds. The lowest BCUT2D eigenvalue weighted by atomic mass is 10.1. The summed E-state index contributed by atoms with van der Waals surface area (Å²) in [6.45, 7) is -1.21. The zero-order chi connectivity index (χ0) is 11.0. The Hall–Kier alpha value is -1.64. The highest BCUT2D eigenvalue weighted by Gasteiger charge is 2.33. The molecule has 1 aliphatic rings. The predicted octanol–water partition coefficient (Wildman–Crippen LogP) is 1.24. The van der Waals surface area contributed by atoms with Crippen LogP contribution >= 0.6 is 0 Å². The lowest BCUT2D eigenvalue weighted by molar-refractivity contribution is -0.114. The van der Waals surface area contributed by atoms with Gasteiger partial charge in [-0.3, -0.25) is 9.59 Å². The molecular weight excluding hydrogens is 166 g/mol. The zero-order valence-electron chi connectivity index (χ0n) is 8.86. The molecular formula is C10H9NO2. The number of para-hydroxylation sites is 1. The van der Waals surface area contributed by atoms with Gasteiger partial charge in [0.1, 0.15) is 0 Å². The molecule has 2 rings (SSSR count). The van der Waals surface area contributed by atoms with Crippen molar-refractivity contribution in [3.8, 4) is 0 Å². The van der Waals surface area contributed by atoms with Crippen LogP contribution < -0.4 is 4.90 Å². The number of rotatable bonds is 1. The van der Waals surface area contributed by atoms with Crippen LogP contribution in [-0.2, 0) is 4.79 Å². The predicted molar refractivity (Wildman–Crippen MR) is 48.8 cm³/mol. The van der Waals surface area contributed by atoms with Crippen molar-refractivity contribution < 1.29 is 12.3 Å². The highest BCUT2D eigenvalue weighted by Crippen LogP contribution is 2.27. The van der Waals surface area contributed by atoms with E-state index in [1.807, 2.05) is 0 Å². The van der Waals surface area contributed by atoms with Crippen molar-refractivity contribution in [2.45, 2.75) is 6.88 Å². The van der Waals surface area contributed by atoms with Gasteiger partial charge in [-0.25, -0.2) is 0 Å². The van der Waals surface area contributed by atoms with E-state index in [2.05, 4.69) is 0 Å². The third-order valence-electron chi connectivity index (χ3n) is 2.06. The van der Waals surface area contributed by atoms with Crippen LogP contribution in [0.5, 0.6) is 0 Å². The summed E-state index contributed by atoms with van der Waals surface area (Å²) < 4.78 is 14.2. The first-order valence-corrected chi connectivity index (χ1v) is 3.91. The Morgan fingerprint density at radius 1 is 1.38 bits per heavy atom. The van der Waals surface area contributed by atoms with Crippen LogP contribution in [0.4, 0.5) is 5.69 Å². The number of hydrogen-bond acceptors (Lipinski definition) is 2. The van der Waals surface area contributed by atoms with Crippen molar-refractivity contribution in [1.82, 2.24) is 0 Å². The van der Waals surface area contributed by atoms with Gasteiger partial charge in [-0.15, -0.1) is 0 Å². The Labute approximate surface area is 78.8 Å². The summed E-state index contributed by atoms with van der Waals surface area (Å²) in [5.41, 5.74) is 0.875. The molecule has 0 aliphatic carbocycles. The molecule has 1 heterocycles. The van der Waals surface area contributed by atoms with E-state index < -0.39 is 18.6 Å². The van der Waals surface area contributed by atoms with Crippen molar-refractivity contribution in [2.75, 3.05) is 11.4 Å². The lowest BCUT2D eigenvalue weighted by Crippen LogP contribution is -2.29. The van der Waals surface area contributed by atoms with E-state index in [0.29, 0.717) is 11.3 Å². The van der Waals surface area contributed by atoms with Gasteiger partial charge in [0.05, 0.1) is 11.3 Å². The average molecular weight is 177 g/mol. The molecule has 1 aliphatic heterocycles. The van der Waals surface area contributed by atoms with Gasteiger partial charge in [0.2, 0.25) is 0 Å². The number of anilines is 1. The normalized spacial score (nSPS) is 17.5. The molecule has 13 heavy (non-hydrogen) atoms. The molecule has 0 unspecified atom stereocenters. The standard InChI is InChI=1S/C10H9NO2/c1-2-11-8-6-4-3-5-7(8)9(12)10(11)13/h3-6H,2H2,1H3/i1D2. The van der Waals surface area contributed by atoms with Crippen LogP contribution in [0, 0.1) is 0 Å². The third-order valence-corrected chi connectivity index (χ3v) is 2.06. The second-order valence-corrected chi connectivity index (χ2v) is 2.76. The minimum atomic E-state index is -1.15. The van der Waals surface area contributed by atoms with E-state index in [9.17, 15) is 9.59 Å². The van der Waals surface area contributed by atoms with Gasteiger partial charge in [-0.1, -0.05) is 12.1 Å². The van der Waals surface area contributed by atoms with E-state index >= 15 is 0 Å². The number of Topliss-reactive ketones (excluding diaryl/α,β-unsaturated/α-hetero) is 1. The molecule has 0 saturated carbocycles. The monoisotopic (exact) mass is 177 g/mol. The van der Waals surface area contributed by atoms with Crippen LogP contribution in [0.1, 0.15) is 20.0 Å². The highest BCUT2D eigenvalue weighted by molar-refractivity contribution is 6.52. The molecule has 0 fully saturated rings. The van der Waals surface area contributed by atoms with Gasteiger partial charge in [0, 0.05) is 9.29 Å². The lowest BCUT2D eigenvalue weighted by Gasteiger charge is -2.12. The number of benzene rings is 1. The first-order valence-electron chi connectivity index (χ1n) is 5.06. The average Bonchev–Trinajstić information content (AvgIpc) is 2.44. The number of likely N-dealkylation sites (N-methyl/N-ethyl adjacent to an activating group) is 1. The number of ketones is 1. The maximum atomic E-state index is 11.5. The van der Waals surface area contributed by atoms with Crippen molar-refractivity contribution in [3.63, 3.8) is 0 Å². The van der Waals surface area contributed by atoms with Gasteiger partial charge in [-0.2, -0.15) is 0 Å². The van der Waals surface area contributed by atoms with Crippen molar-refractivity contribution >= 4 is 17.4 Å². The molecule has 66 valence electrons. The van der Waals surface area contributed by atoms with Crippen LogP contribution in [0.3, 0.4) is 0 Å².